The van der Waals surface area contributed by atoms with Crippen LogP contribution in [-0.2, 0) is 6.61 Å². The predicted octanol–water partition coefficient (Wildman–Crippen LogP) is 6.24. The topological polar surface area (TPSA) is 64.0 Å². The van der Waals surface area contributed by atoms with Crippen molar-refractivity contribution in [3.05, 3.63) is 47.8 Å². The minimum Gasteiger partial charge on any atom is -0.478 e. The maximum atomic E-state index is 10.4. The van der Waals surface area contributed by atoms with Gasteiger partial charge < -0.3 is 20.0 Å². The van der Waals surface area contributed by atoms with E-state index in [1.54, 1.807) is 12.1 Å². The van der Waals surface area contributed by atoms with E-state index in [1.165, 1.54) is 95.7 Å². The fraction of sp³-hybridized carbons (Fsp3) is 0.654. The van der Waals surface area contributed by atoms with Gasteiger partial charge in [0.25, 0.3) is 0 Å². The van der Waals surface area contributed by atoms with Crippen molar-refractivity contribution in [2.24, 2.45) is 0 Å². The highest BCUT2D eigenvalue weighted by Crippen LogP contribution is 2.13. The summed E-state index contributed by atoms with van der Waals surface area (Å²) < 4.78 is 0. The SMILES string of the molecule is CCCCCCCCCCCCCCN1C=CN(C)C1.O=C(O)c1cccc(CO)c1. The van der Waals surface area contributed by atoms with Gasteiger partial charge in [0.15, 0.2) is 0 Å². The van der Waals surface area contributed by atoms with E-state index in [0.29, 0.717) is 5.56 Å². The Morgan fingerprint density at radius 3 is 1.97 bits per heavy atom. The van der Waals surface area contributed by atoms with Crippen LogP contribution in [0.4, 0.5) is 0 Å². The first-order valence-corrected chi connectivity index (χ1v) is 12.1. The molecular weight excluding hydrogens is 388 g/mol. The molecule has 176 valence electrons. The minimum atomic E-state index is -0.972. The van der Waals surface area contributed by atoms with Crippen LogP contribution in [0.5, 0.6) is 0 Å². The molecular formula is C26H44N2O3. The molecule has 0 unspecified atom stereocenters. The van der Waals surface area contributed by atoms with Gasteiger partial charge in [-0.25, -0.2) is 4.79 Å². The highest BCUT2D eigenvalue weighted by molar-refractivity contribution is 5.87. The molecule has 2 N–H and O–H groups in total. The summed E-state index contributed by atoms with van der Waals surface area (Å²) in [6.45, 7) is 4.48. The summed E-state index contributed by atoms with van der Waals surface area (Å²) in [6.07, 6.45) is 21.6. The van der Waals surface area contributed by atoms with E-state index in [2.05, 4.69) is 36.2 Å². The molecule has 2 rings (SSSR count). The Kier molecular flexibility index (Phi) is 15.4. The zero-order valence-electron chi connectivity index (χ0n) is 19.8. The summed E-state index contributed by atoms with van der Waals surface area (Å²) in [5, 5.41) is 17.2. The van der Waals surface area contributed by atoms with Gasteiger partial charge in [-0.05, 0) is 24.1 Å². The number of carboxylic acids is 1. The van der Waals surface area contributed by atoms with E-state index in [9.17, 15) is 4.79 Å². The van der Waals surface area contributed by atoms with E-state index in [4.69, 9.17) is 10.2 Å². The molecule has 0 amide bonds. The molecule has 0 bridgehead atoms. The fourth-order valence-electron chi connectivity index (χ4n) is 3.69. The van der Waals surface area contributed by atoms with Crippen LogP contribution in [0.15, 0.2) is 36.7 Å². The number of carbonyl (C=O) groups is 1. The smallest absolute Gasteiger partial charge is 0.335 e. The molecule has 0 fully saturated rings. The first kappa shape index (κ1) is 27.0. The molecule has 0 aromatic heterocycles. The number of unbranched alkanes of at least 4 members (excludes halogenated alkanes) is 11. The first-order chi connectivity index (χ1) is 15.1. The summed E-state index contributed by atoms with van der Waals surface area (Å²) in [5.41, 5.74) is 0.821. The number of rotatable bonds is 15. The second kappa shape index (κ2) is 17.6. The van der Waals surface area contributed by atoms with Gasteiger partial charge in [0.05, 0.1) is 18.8 Å². The molecule has 0 saturated heterocycles. The third-order valence-electron chi connectivity index (χ3n) is 5.59. The van der Waals surface area contributed by atoms with Crippen molar-refractivity contribution in [3.8, 4) is 0 Å². The van der Waals surface area contributed by atoms with Crippen LogP contribution in [0.3, 0.4) is 0 Å². The zero-order valence-corrected chi connectivity index (χ0v) is 19.8. The second-order valence-electron chi connectivity index (χ2n) is 8.56. The summed E-state index contributed by atoms with van der Waals surface area (Å²) in [4.78, 5) is 15.0. The van der Waals surface area contributed by atoms with Gasteiger partial charge in [-0.3, -0.25) is 0 Å². The third kappa shape index (κ3) is 13.8. The lowest BCUT2D eigenvalue weighted by Gasteiger charge is -2.17. The average molecular weight is 433 g/mol. The van der Waals surface area contributed by atoms with Crippen LogP contribution in [0.1, 0.15) is 99.9 Å². The summed E-state index contributed by atoms with van der Waals surface area (Å²) in [7, 11) is 2.14. The van der Waals surface area contributed by atoms with E-state index in [0.717, 1.165) is 6.67 Å². The van der Waals surface area contributed by atoms with Gasteiger partial charge in [0.2, 0.25) is 0 Å². The predicted molar refractivity (Wildman–Crippen MR) is 129 cm³/mol. The standard InChI is InChI=1S/C18H36N2.C8H8O3/c1-3-4-5-6-7-8-9-10-11-12-13-14-15-20-17-16-19(2)18-20;9-5-6-2-1-3-7(4-6)8(10)11/h16-17H,3-15,18H2,1-2H3;1-4,9H,5H2,(H,10,11). The number of carboxylic acid groups (broad SMARTS) is 1. The number of aliphatic hydroxyl groups excluding tert-OH is 1. The van der Waals surface area contributed by atoms with E-state index < -0.39 is 5.97 Å². The molecule has 1 heterocycles. The molecule has 0 saturated carbocycles. The highest BCUT2D eigenvalue weighted by atomic mass is 16.4. The first-order valence-electron chi connectivity index (χ1n) is 12.1. The average Bonchev–Trinajstić information content (AvgIpc) is 3.20. The van der Waals surface area contributed by atoms with Gasteiger partial charge in [0, 0.05) is 26.0 Å². The summed E-state index contributed by atoms with van der Waals surface area (Å²) in [6, 6.07) is 6.21. The van der Waals surface area contributed by atoms with Crippen molar-refractivity contribution >= 4 is 5.97 Å². The number of aliphatic hydroxyl groups is 1. The highest BCUT2D eigenvalue weighted by Gasteiger charge is 2.06. The molecule has 1 aromatic carbocycles. The van der Waals surface area contributed by atoms with Crippen molar-refractivity contribution in [1.82, 2.24) is 9.80 Å². The Labute approximate surface area is 189 Å². The lowest BCUT2D eigenvalue weighted by molar-refractivity contribution is 0.0696. The number of nitrogens with zero attached hydrogens (tertiary/aromatic N) is 2. The van der Waals surface area contributed by atoms with Crippen LogP contribution in [0.2, 0.25) is 0 Å². The molecule has 0 radical (unpaired) electrons. The van der Waals surface area contributed by atoms with E-state index in [-0.39, 0.29) is 12.2 Å². The van der Waals surface area contributed by atoms with Crippen molar-refractivity contribution in [1.29, 1.82) is 0 Å². The fourth-order valence-corrected chi connectivity index (χ4v) is 3.69. The van der Waals surface area contributed by atoms with Crippen LogP contribution in [0, 0.1) is 0 Å². The van der Waals surface area contributed by atoms with Gasteiger partial charge in [0.1, 0.15) is 0 Å². The summed E-state index contributed by atoms with van der Waals surface area (Å²) in [5.74, 6) is -0.972. The monoisotopic (exact) mass is 432 g/mol. The van der Waals surface area contributed by atoms with E-state index >= 15 is 0 Å². The Bertz CT molecular complexity index is 618. The molecule has 1 aliphatic rings. The maximum absolute atomic E-state index is 10.4. The van der Waals surface area contributed by atoms with Gasteiger partial charge >= 0.3 is 5.97 Å². The molecule has 1 aromatic rings. The summed E-state index contributed by atoms with van der Waals surface area (Å²) >= 11 is 0. The lowest BCUT2D eigenvalue weighted by Crippen LogP contribution is -2.23. The number of benzene rings is 1. The molecule has 31 heavy (non-hydrogen) atoms. The Morgan fingerprint density at radius 1 is 0.903 bits per heavy atom. The normalized spacial score (nSPS) is 12.7. The number of hydrogen-bond acceptors (Lipinski definition) is 4. The molecule has 1 aliphatic heterocycles. The Balaban J connectivity index is 0.000000367. The van der Waals surface area contributed by atoms with Gasteiger partial charge in [-0.15, -0.1) is 0 Å². The molecule has 5 nitrogen and oxygen atoms in total. The van der Waals surface area contributed by atoms with Gasteiger partial charge in [-0.2, -0.15) is 0 Å². The van der Waals surface area contributed by atoms with Crippen molar-refractivity contribution in [2.45, 2.75) is 90.6 Å². The second-order valence-corrected chi connectivity index (χ2v) is 8.56. The van der Waals surface area contributed by atoms with Crippen molar-refractivity contribution in [3.63, 3.8) is 0 Å². The van der Waals surface area contributed by atoms with Gasteiger partial charge in [-0.1, -0.05) is 89.7 Å². The van der Waals surface area contributed by atoms with Crippen LogP contribution < -0.4 is 0 Å². The third-order valence-corrected chi connectivity index (χ3v) is 5.59. The molecule has 0 spiro atoms. The lowest BCUT2D eigenvalue weighted by atomic mass is 10.1. The van der Waals surface area contributed by atoms with Crippen molar-refractivity contribution < 1.29 is 15.0 Å². The minimum absolute atomic E-state index is 0.124. The van der Waals surface area contributed by atoms with Crippen LogP contribution in [0.25, 0.3) is 0 Å². The molecule has 5 heteroatoms. The zero-order chi connectivity index (χ0) is 22.7. The largest absolute Gasteiger partial charge is 0.478 e. The number of aromatic carboxylic acids is 1. The van der Waals surface area contributed by atoms with E-state index in [1.807, 2.05) is 0 Å². The molecule has 0 aliphatic carbocycles. The number of hydrogen-bond donors (Lipinski definition) is 2. The maximum Gasteiger partial charge on any atom is 0.335 e. The quantitative estimate of drug-likeness (QED) is 0.321. The van der Waals surface area contributed by atoms with Crippen LogP contribution >= 0.6 is 0 Å². The van der Waals surface area contributed by atoms with Crippen molar-refractivity contribution in [2.75, 3.05) is 20.3 Å². The Hall–Kier alpha value is -2.01. The van der Waals surface area contributed by atoms with Crippen LogP contribution in [-0.4, -0.2) is 46.2 Å². The Morgan fingerprint density at radius 2 is 1.48 bits per heavy atom. The molecule has 0 atom stereocenters.